The molecular formula is C20H19BrFN3O2S. The van der Waals surface area contributed by atoms with Crippen molar-refractivity contribution in [3.8, 4) is 11.5 Å². The Kier molecular flexibility index (Phi) is 6.74. The molecule has 2 aromatic carbocycles. The number of anilines is 1. The second kappa shape index (κ2) is 9.25. The number of ether oxygens (including phenoxy) is 2. The zero-order chi connectivity index (χ0) is 20.1. The molecule has 0 aliphatic heterocycles. The quantitative estimate of drug-likeness (QED) is 0.436. The van der Waals surface area contributed by atoms with Crippen LogP contribution in [0.1, 0.15) is 11.1 Å². The van der Waals surface area contributed by atoms with E-state index in [1.807, 2.05) is 35.5 Å². The zero-order valence-corrected chi connectivity index (χ0v) is 18.1. The summed E-state index contributed by atoms with van der Waals surface area (Å²) < 4.78 is 27.9. The molecule has 146 valence electrons. The predicted octanol–water partition coefficient (Wildman–Crippen LogP) is 5.42. The highest BCUT2D eigenvalue weighted by atomic mass is 79.9. The molecule has 0 spiro atoms. The number of halogens is 2. The van der Waals surface area contributed by atoms with Gasteiger partial charge >= 0.3 is 0 Å². The molecule has 0 radical (unpaired) electrons. The molecule has 1 aromatic heterocycles. The van der Waals surface area contributed by atoms with E-state index in [0.29, 0.717) is 28.8 Å². The molecule has 0 bridgehead atoms. The minimum absolute atomic E-state index is 0.303. The zero-order valence-electron chi connectivity index (χ0n) is 15.6. The van der Waals surface area contributed by atoms with Gasteiger partial charge in [0.05, 0.1) is 25.7 Å². The van der Waals surface area contributed by atoms with Crippen molar-refractivity contribution in [2.45, 2.75) is 18.4 Å². The summed E-state index contributed by atoms with van der Waals surface area (Å²) in [6, 6.07) is 10.7. The molecule has 0 fully saturated rings. The van der Waals surface area contributed by atoms with Gasteiger partial charge in [-0.15, -0.1) is 0 Å². The fraction of sp³-hybridized carbons (Fsp3) is 0.200. The molecule has 8 heteroatoms. The summed E-state index contributed by atoms with van der Waals surface area (Å²) in [5.41, 5.74) is 1.87. The summed E-state index contributed by atoms with van der Waals surface area (Å²) in [4.78, 5) is 8.81. The fourth-order valence-electron chi connectivity index (χ4n) is 2.55. The third-order valence-electron chi connectivity index (χ3n) is 4.05. The Bertz CT molecular complexity index is 960. The summed E-state index contributed by atoms with van der Waals surface area (Å²) in [7, 11) is 3.22. The Labute approximate surface area is 176 Å². The third-order valence-corrected chi connectivity index (χ3v) is 5.95. The van der Waals surface area contributed by atoms with Crippen molar-refractivity contribution < 1.29 is 13.9 Å². The molecule has 0 atom stereocenters. The summed E-state index contributed by atoms with van der Waals surface area (Å²) in [6.07, 6.45) is 3.13. The molecule has 1 heterocycles. The van der Waals surface area contributed by atoms with Crippen LogP contribution in [0.3, 0.4) is 0 Å². The number of aromatic nitrogens is 2. The average molecular weight is 464 g/mol. The average Bonchev–Trinajstić information content (AvgIpc) is 2.72. The van der Waals surface area contributed by atoms with Gasteiger partial charge in [-0.1, -0.05) is 15.9 Å². The highest BCUT2D eigenvalue weighted by Gasteiger charge is 2.17. The van der Waals surface area contributed by atoms with Crippen molar-refractivity contribution in [2.75, 3.05) is 18.5 Å². The first kappa shape index (κ1) is 20.4. The molecule has 28 heavy (non-hydrogen) atoms. The fourth-order valence-corrected chi connectivity index (χ4v) is 3.88. The van der Waals surface area contributed by atoms with Crippen LogP contribution >= 0.6 is 27.9 Å². The van der Waals surface area contributed by atoms with Gasteiger partial charge in [0.25, 0.3) is 0 Å². The minimum atomic E-state index is -0.303. The molecule has 0 saturated heterocycles. The molecule has 0 N–H and O–H groups in total. The van der Waals surface area contributed by atoms with Crippen molar-refractivity contribution in [1.82, 2.24) is 9.97 Å². The largest absolute Gasteiger partial charge is 0.497 e. The van der Waals surface area contributed by atoms with Crippen LogP contribution in [0.5, 0.6) is 11.5 Å². The van der Waals surface area contributed by atoms with Crippen molar-refractivity contribution >= 4 is 33.7 Å². The maximum Gasteiger partial charge on any atom is 0.142 e. The van der Waals surface area contributed by atoms with Gasteiger partial charge in [0.1, 0.15) is 29.5 Å². The predicted molar refractivity (Wildman–Crippen MR) is 112 cm³/mol. The molecule has 0 unspecified atom stereocenters. The number of nitrogens with zero attached hydrogens (tertiary/aromatic N) is 3. The lowest BCUT2D eigenvalue weighted by Gasteiger charge is -2.24. The Balaban J connectivity index is 1.96. The van der Waals surface area contributed by atoms with Gasteiger partial charge in [-0.05, 0) is 54.8 Å². The molecule has 0 amide bonds. The number of benzene rings is 2. The van der Waals surface area contributed by atoms with Crippen LogP contribution in [0.2, 0.25) is 0 Å². The van der Waals surface area contributed by atoms with E-state index in [9.17, 15) is 4.39 Å². The number of aryl methyl sites for hydroxylation is 1. The standard InChI is InChI=1S/C20H19BrFN3O2S/c1-13-8-19(17(22)10-16(13)21)28-25(20-6-7-23-12-24-20)11-14-4-5-15(26-2)9-18(14)27-3/h4-10,12H,11H2,1-3H3. The molecule has 5 nitrogen and oxygen atoms in total. The Morgan fingerprint density at radius 2 is 1.96 bits per heavy atom. The van der Waals surface area contributed by atoms with Crippen molar-refractivity contribution in [3.63, 3.8) is 0 Å². The van der Waals surface area contributed by atoms with Gasteiger partial charge in [0.15, 0.2) is 0 Å². The summed E-state index contributed by atoms with van der Waals surface area (Å²) >= 11 is 4.64. The van der Waals surface area contributed by atoms with Crippen LogP contribution in [0, 0.1) is 12.7 Å². The normalized spacial score (nSPS) is 10.6. The second-order valence-corrected chi connectivity index (χ2v) is 7.82. The first-order valence-corrected chi connectivity index (χ1v) is 9.96. The maximum atomic E-state index is 14.5. The number of rotatable bonds is 7. The smallest absolute Gasteiger partial charge is 0.142 e. The van der Waals surface area contributed by atoms with Crippen molar-refractivity contribution in [1.29, 1.82) is 0 Å². The summed E-state index contributed by atoms with van der Waals surface area (Å²) in [6.45, 7) is 2.37. The molecule has 0 aliphatic carbocycles. The van der Waals surface area contributed by atoms with E-state index in [4.69, 9.17) is 9.47 Å². The van der Waals surface area contributed by atoms with Gasteiger partial charge in [0.2, 0.25) is 0 Å². The summed E-state index contributed by atoms with van der Waals surface area (Å²) in [5.74, 6) is 1.75. The minimum Gasteiger partial charge on any atom is -0.497 e. The molecule has 0 saturated carbocycles. The maximum absolute atomic E-state index is 14.5. The van der Waals surface area contributed by atoms with Crippen LogP contribution in [-0.4, -0.2) is 24.2 Å². The number of hydrogen-bond acceptors (Lipinski definition) is 6. The first-order chi connectivity index (χ1) is 13.5. The van der Waals surface area contributed by atoms with E-state index >= 15 is 0 Å². The third kappa shape index (κ3) is 4.74. The van der Waals surface area contributed by atoms with Crippen molar-refractivity contribution in [2.24, 2.45) is 0 Å². The molecular weight excluding hydrogens is 445 g/mol. The molecule has 0 aliphatic rings. The van der Waals surface area contributed by atoms with Crippen LogP contribution in [-0.2, 0) is 6.54 Å². The highest BCUT2D eigenvalue weighted by Crippen LogP contribution is 2.35. The van der Waals surface area contributed by atoms with Gasteiger partial charge in [-0.2, -0.15) is 0 Å². The number of hydrogen-bond donors (Lipinski definition) is 0. The SMILES string of the molecule is COc1ccc(CN(Sc2cc(C)c(Br)cc2F)c2ccncn2)c(OC)c1. The van der Waals surface area contributed by atoms with Gasteiger partial charge in [0, 0.05) is 22.3 Å². The summed E-state index contributed by atoms with van der Waals surface area (Å²) in [5, 5.41) is 0. The topological polar surface area (TPSA) is 47.5 Å². The highest BCUT2D eigenvalue weighted by molar-refractivity contribution is 9.10. The van der Waals surface area contributed by atoms with E-state index in [1.165, 1.54) is 24.3 Å². The van der Waals surface area contributed by atoms with E-state index in [0.717, 1.165) is 15.6 Å². The van der Waals surface area contributed by atoms with Gasteiger partial charge in [-0.3, -0.25) is 4.31 Å². The Morgan fingerprint density at radius 1 is 1.14 bits per heavy atom. The lowest BCUT2D eigenvalue weighted by atomic mass is 10.2. The van der Waals surface area contributed by atoms with E-state index < -0.39 is 0 Å². The Morgan fingerprint density at radius 3 is 2.64 bits per heavy atom. The van der Waals surface area contributed by atoms with Gasteiger partial charge < -0.3 is 9.47 Å². The van der Waals surface area contributed by atoms with E-state index in [-0.39, 0.29) is 5.82 Å². The van der Waals surface area contributed by atoms with Crippen LogP contribution in [0.15, 0.2) is 58.3 Å². The van der Waals surface area contributed by atoms with E-state index in [2.05, 4.69) is 25.9 Å². The lowest BCUT2D eigenvalue weighted by molar-refractivity contribution is 0.391. The molecule has 3 aromatic rings. The van der Waals surface area contributed by atoms with Crippen LogP contribution < -0.4 is 13.8 Å². The van der Waals surface area contributed by atoms with Crippen molar-refractivity contribution in [3.05, 3.63) is 70.3 Å². The Hall–Kier alpha value is -2.32. The first-order valence-electron chi connectivity index (χ1n) is 8.40. The van der Waals surface area contributed by atoms with Gasteiger partial charge in [-0.25, -0.2) is 14.4 Å². The monoisotopic (exact) mass is 463 g/mol. The van der Waals surface area contributed by atoms with Crippen LogP contribution in [0.4, 0.5) is 10.2 Å². The van der Waals surface area contributed by atoms with Crippen LogP contribution in [0.25, 0.3) is 0 Å². The molecule has 3 rings (SSSR count). The lowest BCUT2D eigenvalue weighted by Crippen LogP contribution is -2.16. The van der Waals surface area contributed by atoms with E-state index in [1.54, 1.807) is 26.5 Å². The number of methoxy groups -OCH3 is 2. The second-order valence-electron chi connectivity index (χ2n) is 5.91.